The van der Waals surface area contributed by atoms with Gasteiger partial charge in [-0.1, -0.05) is 18.2 Å². The minimum absolute atomic E-state index is 0.0558. The minimum Gasteiger partial charge on any atom is -0.386 e. The van der Waals surface area contributed by atoms with Crippen LogP contribution in [-0.4, -0.2) is 28.6 Å². The monoisotopic (exact) mass is 414 g/mol. The smallest absolute Gasteiger partial charge is 0.227 e. The molecule has 0 bridgehead atoms. The lowest BCUT2D eigenvalue weighted by Gasteiger charge is -2.15. The average molecular weight is 415 g/mol. The molecule has 0 aliphatic heterocycles. The van der Waals surface area contributed by atoms with E-state index in [1.165, 1.54) is 19.1 Å². The SMILES string of the molecule is Cc1ccc(C(C)NC=O)cc1-c1ccc2nc(N/C(C=N)=C/NC3CC3)ncc2c1. The van der Waals surface area contributed by atoms with Crippen molar-refractivity contribution in [3.05, 3.63) is 65.6 Å². The van der Waals surface area contributed by atoms with Gasteiger partial charge < -0.3 is 21.4 Å². The standard InChI is InChI=1S/C24H26N6O/c1-15-3-4-17(16(2)28-14-31)10-22(15)18-5-8-23-19(9-18)12-27-24(30-23)29-21(11-25)13-26-20-6-7-20/h3-5,8-14,16,20,25-26H,6-7H2,1-2H3,(H,28,31)(H,27,29,30)/b21-13+,25-11?. The second-order valence-corrected chi connectivity index (χ2v) is 7.86. The molecule has 2 aromatic carbocycles. The highest BCUT2D eigenvalue weighted by molar-refractivity contribution is 5.86. The molecule has 158 valence electrons. The quantitative estimate of drug-likeness (QED) is 0.312. The zero-order valence-corrected chi connectivity index (χ0v) is 17.6. The van der Waals surface area contributed by atoms with Crippen LogP contribution >= 0.6 is 0 Å². The highest BCUT2D eigenvalue weighted by atomic mass is 16.1. The summed E-state index contributed by atoms with van der Waals surface area (Å²) in [6.45, 7) is 4.04. The first-order valence-corrected chi connectivity index (χ1v) is 10.4. The topological polar surface area (TPSA) is 103 Å². The zero-order chi connectivity index (χ0) is 21.8. The van der Waals surface area contributed by atoms with E-state index in [1.54, 1.807) is 12.4 Å². The Morgan fingerprint density at radius 2 is 2.06 bits per heavy atom. The number of allylic oxidation sites excluding steroid dienone is 1. The van der Waals surface area contributed by atoms with Gasteiger partial charge in [-0.3, -0.25) is 4.79 Å². The molecule has 0 spiro atoms. The minimum atomic E-state index is -0.0558. The van der Waals surface area contributed by atoms with Gasteiger partial charge in [-0.05, 0) is 67.1 Å². The highest BCUT2D eigenvalue weighted by Crippen LogP contribution is 2.29. The van der Waals surface area contributed by atoms with Gasteiger partial charge in [0.15, 0.2) is 0 Å². The first-order chi connectivity index (χ1) is 15.1. The predicted molar refractivity (Wildman–Crippen MR) is 124 cm³/mol. The van der Waals surface area contributed by atoms with Crippen LogP contribution in [0.1, 0.15) is 36.9 Å². The van der Waals surface area contributed by atoms with Crippen molar-refractivity contribution in [2.45, 2.75) is 38.8 Å². The maximum atomic E-state index is 10.8. The third-order valence-corrected chi connectivity index (χ3v) is 5.43. The number of aromatic nitrogens is 2. The Morgan fingerprint density at radius 1 is 1.23 bits per heavy atom. The van der Waals surface area contributed by atoms with Crippen molar-refractivity contribution in [3.63, 3.8) is 0 Å². The van der Waals surface area contributed by atoms with E-state index in [1.807, 2.05) is 25.1 Å². The second-order valence-electron chi connectivity index (χ2n) is 7.86. The van der Waals surface area contributed by atoms with E-state index in [0.29, 0.717) is 17.7 Å². The van der Waals surface area contributed by atoms with Gasteiger partial charge in [0.2, 0.25) is 12.4 Å². The molecule has 1 atom stereocenters. The van der Waals surface area contributed by atoms with Crippen LogP contribution in [0.3, 0.4) is 0 Å². The van der Waals surface area contributed by atoms with E-state index < -0.39 is 0 Å². The molecule has 1 aliphatic rings. The zero-order valence-electron chi connectivity index (χ0n) is 17.6. The van der Waals surface area contributed by atoms with Crippen LogP contribution in [0.2, 0.25) is 0 Å². The summed E-state index contributed by atoms with van der Waals surface area (Å²) in [5, 5.41) is 17.7. The molecule has 4 rings (SSSR count). The Labute approximate surface area is 181 Å². The van der Waals surface area contributed by atoms with Crippen molar-refractivity contribution in [3.8, 4) is 11.1 Å². The van der Waals surface area contributed by atoms with Crippen molar-refractivity contribution in [1.29, 1.82) is 5.41 Å². The van der Waals surface area contributed by atoms with Gasteiger partial charge in [-0.15, -0.1) is 0 Å². The Morgan fingerprint density at radius 3 is 2.81 bits per heavy atom. The summed E-state index contributed by atoms with van der Waals surface area (Å²) >= 11 is 0. The summed E-state index contributed by atoms with van der Waals surface area (Å²) in [4.78, 5) is 19.8. The summed E-state index contributed by atoms with van der Waals surface area (Å²) in [6, 6.07) is 12.8. The molecular formula is C24H26N6O. The van der Waals surface area contributed by atoms with Crippen molar-refractivity contribution in [2.75, 3.05) is 5.32 Å². The molecule has 1 saturated carbocycles. The first-order valence-electron chi connectivity index (χ1n) is 10.4. The molecule has 4 N–H and O–H groups in total. The molecule has 3 aromatic rings. The Bertz CT molecular complexity index is 1150. The van der Waals surface area contributed by atoms with E-state index in [9.17, 15) is 4.79 Å². The lowest BCUT2D eigenvalue weighted by Crippen LogP contribution is -2.16. The molecule has 1 aliphatic carbocycles. The number of carbonyl (C=O) groups excluding carboxylic acids is 1. The largest absolute Gasteiger partial charge is 0.386 e. The highest BCUT2D eigenvalue weighted by Gasteiger charge is 2.19. The molecule has 7 nitrogen and oxygen atoms in total. The molecule has 1 heterocycles. The van der Waals surface area contributed by atoms with E-state index >= 15 is 0 Å². The number of anilines is 1. The maximum absolute atomic E-state index is 10.8. The predicted octanol–water partition coefficient (Wildman–Crippen LogP) is 4.07. The lowest BCUT2D eigenvalue weighted by atomic mass is 9.95. The third kappa shape index (κ3) is 4.88. The number of benzene rings is 2. The molecule has 7 heteroatoms. The van der Waals surface area contributed by atoms with Crippen LogP contribution in [0, 0.1) is 12.3 Å². The molecule has 1 fully saturated rings. The summed E-state index contributed by atoms with van der Waals surface area (Å²) in [5.41, 5.74) is 5.84. The number of amides is 1. The van der Waals surface area contributed by atoms with Gasteiger partial charge >= 0.3 is 0 Å². The van der Waals surface area contributed by atoms with Crippen molar-refractivity contribution in [2.24, 2.45) is 0 Å². The van der Waals surface area contributed by atoms with Gasteiger partial charge in [0.25, 0.3) is 0 Å². The number of nitrogens with one attached hydrogen (secondary N) is 4. The van der Waals surface area contributed by atoms with Crippen molar-refractivity contribution >= 4 is 29.5 Å². The Kier molecular flexibility index (Phi) is 5.93. The van der Waals surface area contributed by atoms with Gasteiger partial charge in [0.1, 0.15) is 0 Å². The van der Waals surface area contributed by atoms with Gasteiger partial charge in [0.05, 0.1) is 17.3 Å². The Balaban J connectivity index is 1.59. The fourth-order valence-corrected chi connectivity index (χ4v) is 3.38. The molecule has 1 unspecified atom stereocenters. The van der Waals surface area contributed by atoms with Crippen molar-refractivity contribution in [1.82, 2.24) is 20.6 Å². The van der Waals surface area contributed by atoms with Crippen molar-refractivity contribution < 1.29 is 4.79 Å². The molecule has 0 saturated heterocycles. The van der Waals surface area contributed by atoms with Crippen LogP contribution in [0.25, 0.3) is 22.0 Å². The second kappa shape index (κ2) is 8.95. The summed E-state index contributed by atoms with van der Waals surface area (Å²) in [5.74, 6) is 0.458. The normalized spacial score (nSPS) is 14.7. The van der Waals surface area contributed by atoms with Crippen LogP contribution < -0.4 is 16.0 Å². The van der Waals surface area contributed by atoms with Gasteiger partial charge in [-0.2, -0.15) is 0 Å². The van der Waals surface area contributed by atoms with E-state index in [-0.39, 0.29) is 6.04 Å². The number of fused-ring (bicyclic) bond motifs is 1. The number of hydrogen-bond donors (Lipinski definition) is 4. The summed E-state index contributed by atoms with van der Waals surface area (Å²) in [6.07, 6.45) is 7.92. The third-order valence-electron chi connectivity index (χ3n) is 5.43. The lowest BCUT2D eigenvalue weighted by molar-refractivity contribution is -0.110. The van der Waals surface area contributed by atoms with Crippen LogP contribution in [-0.2, 0) is 4.79 Å². The number of carbonyl (C=O) groups is 1. The van der Waals surface area contributed by atoms with Crippen LogP contribution in [0.4, 0.5) is 5.95 Å². The molecule has 0 radical (unpaired) electrons. The summed E-state index contributed by atoms with van der Waals surface area (Å²) in [7, 11) is 0. The first kappa shape index (κ1) is 20.5. The van der Waals surface area contributed by atoms with E-state index in [4.69, 9.17) is 5.41 Å². The molecule has 31 heavy (non-hydrogen) atoms. The maximum Gasteiger partial charge on any atom is 0.227 e. The van der Waals surface area contributed by atoms with E-state index in [0.717, 1.165) is 39.6 Å². The fraction of sp³-hybridized carbons (Fsp3) is 0.250. The Hall–Kier alpha value is -3.74. The number of nitrogens with zero attached hydrogens (tertiary/aromatic N) is 2. The molecule has 1 aromatic heterocycles. The number of rotatable bonds is 9. The average Bonchev–Trinajstić information content (AvgIpc) is 3.61. The van der Waals surface area contributed by atoms with Crippen LogP contribution in [0.15, 0.2) is 54.5 Å². The molecular weight excluding hydrogens is 388 g/mol. The fourth-order valence-electron chi connectivity index (χ4n) is 3.38. The van der Waals surface area contributed by atoms with Gasteiger partial charge in [-0.25, -0.2) is 9.97 Å². The number of aryl methyl sites for hydroxylation is 1. The molecule has 1 amide bonds. The van der Waals surface area contributed by atoms with Gasteiger partial charge in [0, 0.05) is 30.0 Å². The van der Waals surface area contributed by atoms with Crippen LogP contribution in [0.5, 0.6) is 0 Å². The number of hydrogen-bond acceptors (Lipinski definition) is 6. The summed E-state index contributed by atoms with van der Waals surface area (Å²) < 4.78 is 0. The van der Waals surface area contributed by atoms with E-state index in [2.05, 4.69) is 51.0 Å².